The van der Waals surface area contributed by atoms with Crippen LogP contribution in [0.25, 0.3) is 0 Å². The highest BCUT2D eigenvalue weighted by Gasteiger charge is 2.05. The zero-order chi connectivity index (χ0) is 7.98. The first kappa shape index (κ1) is 9.76. The number of esters is 1. The molecule has 0 aliphatic heterocycles. The molecule has 0 aliphatic rings. The fourth-order valence-electron chi connectivity index (χ4n) is 0.581. The molecule has 0 aliphatic carbocycles. The third-order valence-corrected chi connectivity index (χ3v) is 1.86. The van der Waals surface area contributed by atoms with E-state index in [0.29, 0.717) is 12.8 Å². The lowest BCUT2D eigenvalue weighted by Crippen LogP contribution is -2.04. The second-order valence-corrected chi connectivity index (χ2v) is 2.74. The van der Waals surface area contributed by atoms with Crippen LogP contribution in [0.5, 0.6) is 0 Å². The number of rotatable bonds is 4. The normalized spacial score (nSPS) is 12.7. The van der Waals surface area contributed by atoms with Crippen molar-refractivity contribution in [2.45, 2.75) is 31.6 Å². The lowest BCUT2D eigenvalue weighted by molar-refractivity contribution is -0.140. The van der Waals surface area contributed by atoms with Gasteiger partial charge in [-0.25, -0.2) is 0 Å². The summed E-state index contributed by atoms with van der Waals surface area (Å²) in [5.74, 6) is -0.181. The van der Waals surface area contributed by atoms with Gasteiger partial charge in [0.15, 0.2) is 0 Å². The van der Waals surface area contributed by atoms with Gasteiger partial charge in [-0.3, -0.25) is 4.79 Å². The predicted octanol–water partition coefficient (Wildman–Crippen LogP) is 1.96. The Bertz CT molecular complexity index is 104. The maximum absolute atomic E-state index is 10.6. The van der Waals surface area contributed by atoms with Crippen LogP contribution in [0, 0.1) is 0 Å². The van der Waals surface area contributed by atoms with Gasteiger partial charge in [-0.2, -0.15) is 0 Å². The molecular formula is C7H13ClO2. The van der Waals surface area contributed by atoms with E-state index >= 15 is 0 Å². The van der Waals surface area contributed by atoms with Crippen LogP contribution in [-0.4, -0.2) is 18.5 Å². The van der Waals surface area contributed by atoms with E-state index in [1.807, 2.05) is 6.92 Å². The van der Waals surface area contributed by atoms with E-state index in [0.717, 1.165) is 6.42 Å². The Hall–Kier alpha value is -0.240. The van der Waals surface area contributed by atoms with Crippen LogP contribution >= 0.6 is 11.6 Å². The fourth-order valence-corrected chi connectivity index (χ4v) is 0.690. The van der Waals surface area contributed by atoms with E-state index in [2.05, 4.69) is 4.74 Å². The molecule has 10 heavy (non-hydrogen) atoms. The van der Waals surface area contributed by atoms with Crippen molar-refractivity contribution >= 4 is 17.6 Å². The van der Waals surface area contributed by atoms with E-state index in [1.54, 1.807) is 0 Å². The molecule has 1 unspecified atom stereocenters. The van der Waals surface area contributed by atoms with Gasteiger partial charge in [-0.05, 0) is 12.8 Å². The zero-order valence-corrected chi connectivity index (χ0v) is 7.15. The standard InChI is InChI=1S/C7H13ClO2/c1-3-6(8)4-5-7(9)10-2/h6H,3-5H2,1-2H3. The topological polar surface area (TPSA) is 26.3 Å². The van der Waals surface area contributed by atoms with Crippen molar-refractivity contribution in [3.05, 3.63) is 0 Å². The van der Waals surface area contributed by atoms with Crippen molar-refractivity contribution in [1.82, 2.24) is 0 Å². The minimum Gasteiger partial charge on any atom is -0.469 e. The Morgan fingerprint density at radius 3 is 2.70 bits per heavy atom. The van der Waals surface area contributed by atoms with Crippen LogP contribution in [0.15, 0.2) is 0 Å². The van der Waals surface area contributed by atoms with Crippen LogP contribution in [0.3, 0.4) is 0 Å². The van der Waals surface area contributed by atoms with Crippen LogP contribution < -0.4 is 0 Å². The Labute approximate surface area is 66.5 Å². The molecule has 0 saturated heterocycles. The van der Waals surface area contributed by atoms with Crippen LogP contribution in [-0.2, 0) is 9.53 Å². The highest BCUT2D eigenvalue weighted by atomic mass is 35.5. The largest absolute Gasteiger partial charge is 0.469 e. The Morgan fingerprint density at radius 2 is 2.30 bits per heavy atom. The van der Waals surface area contributed by atoms with Gasteiger partial charge in [-0.15, -0.1) is 11.6 Å². The van der Waals surface area contributed by atoms with Gasteiger partial charge >= 0.3 is 5.97 Å². The molecule has 0 aromatic carbocycles. The summed E-state index contributed by atoms with van der Waals surface area (Å²) >= 11 is 5.76. The summed E-state index contributed by atoms with van der Waals surface area (Å²) in [6.07, 6.45) is 2.04. The van der Waals surface area contributed by atoms with Gasteiger partial charge in [0.2, 0.25) is 0 Å². The number of halogens is 1. The third-order valence-electron chi connectivity index (χ3n) is 1.33. The van der Waals surface area contributed by atoms with Crippen LogP contribution in [0.1, 0.15) is 26.2 Å². The molecule has 0 fully saturated rings. The van der Waals surface area contributed by atoms with Crippen LogP contribution in [0.2, 0.25) is 0 Å². The second kappa shape index (κ2) is 5.54. The predicted molar refractivity (Wildman–Crippen MR) is 41.2 cm³/mol. The van der Waals surface area contributed by atoms with Crippen LogP contribution in [0.4, 0.5) is 0 Å². The molecule has 0 heterocycles. The number of carbonyl (C=O) groups excluding carboxylic acids is 1. The quantitative estimate of drug-likeness (QED) is 0.469. The summed E-state index contributed by atoms with van der Waals surface area (Å²) in [6, 6.07) is 0. The number of alkyl halides is 1. The summed E-state index contributed by atoms with van der Waals surface area (Å²) in [5, 5.41) is 0.110. The van der Waals surface area contributed by atoms with Gasteiger partial charge < -0.3 is 4.74 Å². The minimum atomic E-state index is -0.181. The summed E-state index contributed by atoms with van der Waals surface area (Å²) < 4.78 is 4.45. The molecule has 0 rings (SSSR count). The minimum absolute atomic E-state index is 0.110. The second-order valence-electron chi connectivity index (χ2n) is 2.12. The maximum atomic E-state index is 10.6. The number of methoxy groups -OCH3 is 1. The molecular weight excluding hydrogens is 152 g/mol. The molecule has 0 aromatic rings. The van der Waals surface area contributed by atoms with Crippen molar-refractivity contribution in [3.63, 3.8) is 0 Å². The van der Waals surface area contributed by atoms with Gasteiger partial charge in [-0.1, -0.05) is 6.92 Å². The molecule has 0 spiro atoms. The number of carbonyl (C=O) groups is 1. The zero-order valence-electron chi connectivity index (χ0n) is 6.39. The lowest BCUT2D eigenvalue weighted by Gasteiger charge is -2.03. The van der Waals surface area contributed by atoms with Gasteiger partial charge in [0.25, 0.3) is 0 Å². The smallest absolute Gasteiger partial charge is 0.305 e. The van der Waals surface area contributed by atoms with E-state index in [1.165, 1.54) is 7.11 Å². The molecule has 0 bridgehead atoms. The Morgan fingerprint density at radius 1 is 1.70 bits per heavy atom. The lowest BCUT2D eigenvalue weighted by atomic mass is 10.2. The van der Waals surface area contributed by atoms with Gasteiger partial charge in [0, 0.05) is 11.8 Å². The van der Waals surface area contributed by atoms with E-state index < -0.39 is 0 Å². The van der Waals surface area contributed by atoms with E-state index in [4.69, 9.17) is 11.6 Å². The molecule has 0 radical (unpaired) electrons. The summed E-state index contributed by atoms with van der Waals surface area (Å²) in [6.45, 7) is 1.99. The maximum Gasteiger partial charge on any atom is 0.305 e. The molecule has 0 saturated carbocycles. The molecule has 2 nitrogen and oxygen atoms in total. The van der Waals surface area contributed by atoms with Crippen molar-refractivity contribution < 1.29 is 9.53 Å². The molecule has 1 atom stereocenters. The number of hydrogen-bond acceptors (Lipinski definition) is 2. The third kappa shape index (κ3) is 4.62. The van der Waals surface area contributed by atoms with Gasteiger partial charge in [0.05, 0.1) is 7.11 Å². The monoisotopic (exact) mass is 164 g/mol. The fraction of sp³-hybridized carbons (Fsp3) is 0.857. The Kier molecular flexibility index (Phi) is 5.40. The molecule has 0 amide bonds. The molecule has 3 heteroatoms. The Balaban J connectivity index is 3.26. The van der Waals surface area contributed by atoms with E-state index in [9.17, 15) is 4.79 Å². The number of hydrogen-bond donors (Lipinski definition) is 0. The summed E-state index contributed by atoms with van der Waals surface area (Å²) in [7, 11) is 1.39. The van der Waals surface area contributed by atoms with Crippen molar-refractivity contribution in [1.29, 1.82) is 0 Å². The average Bonchev–Trinajstić information content (AvgIpc) is 1.99. The summed E-state index contributed by atoms with van der Waals surface area (Å²) in [5.41, 5.74) is 0. The van der Waals surface area contributed by atoms with Crippen molar-refractivity contribution in [2.75, 3.05) is 7.11 Å². The SMILES string of the molecule is CCC(Cl)CCC(=O)OC. The first-order chi connectivity index (χ1) is 4.70. The molecule has 0 N–H and O–H groups in total. The molecule has 0 aromatic heterocycles. The van der Waals surface area contributed by atoms with E-state index in [-0.39, 0.29) is 11.3 Å². The highest BCUT2D eigenvalue weighted by molar-refractivity contribution is 6.20. The van der Waals surface area contributed by atoms with Crippen molar-refractivity contribution in [3.8, 4) is 0 Å². The average molecular weight is 165 g/mol. The molecule has 60 valence electrons. The van der Waals surface area contributed by atoms with Gasteiger partial charge in [0.1, 0.15) is 0 Å². The van der Waals surface area contributed by atoms with Crippen molar-refractivity contribution in [2.24, 2.45) is 0 Å². The first-order valence-electron chi connectivity index (χ1n) is 3.41. The first-order valence-corrected chi connectivity index (χ1v) is 3.85. The summed E-state index contributed by atoms with van der Waals surface area (Å²) in [4.78, 5) is 10.6. The number of ether oxygens (including phenoxy) is 1. The highest BCUT2D eigenvalue weighted by Crippen LogP contribution is 2.08.